The maximum atomic E-state index is 10.7. The highest BCUT2D eigenvalue weighted by Crippen LogP contribution is 2.28. The number of carboxylic acid groups (broad SMARTS) is 1. The van der Waals surface area contributed by atoms with Crippen molar-refractivity contribution < 1.29 is 9.90 Å². The Morgan fingerprint density at radius 1 is 1.38 bits per heavy atom. The minimum Gasteiger partial charge on any atom is -0.481 e. The van der Waals surface area contributed by atoms with E-state index in [4.69, 9.17) is 16.7 Å². The number of nitrogens with one attached hydrogen (secondary N) is 1. The molecule has 0 aliphatic rings. The summed E-state index contributed by atoms with van der Waals surface area (Å²) in [5.41, 5.74) is 3.70. The number of benzene rings is 1. The highest BCUT2D eigenvalue weighted by molar-refractivity contribution is 7.99. The van der Waals surface area contributed by atoms with Crippen LogP contribution in [-0.2, 0) is 4.79 Å². The van der Waals surface area contributed by atoms with Crippen LogP contribution in [0.5, 0.6) is 0 Å². The molecule has 0 radical (unpaired) electrons. The van der Waals surface area contributed by atoms with Crippen molar-refractivity contribution in [1.82, 2.24) is 9.97 Å². The molecule has 0 saturated carbocycles. The van der Waals surface area contributed by atoms with E-state index in [9.17, 15) is 4.79 Å². The molecule has 0 saturated heterocycles. The molecule has 2 aromatic rings. The minimum atomic E-state index is -0.917. The Kier molecular flexibility index (Phi) is 6.45. The Balaban J connectivity index is 2.24. The highest BCUT2D eigenvalue weighted by atomic mass is 35.5. The maximum Gasteiger partial charge on any atom is 0.313 e. The fourth-order valence-electron chi connectivity index (χ4n) is 2.39. The summed E-state index contributed by atoms with van der Waals surface area (Å²) >= 11 is 7.09. The molecular weight excluding hydrogens is 346 g/mol. The summed E-state index contributed by atoms with van der Waals surface area (Å²) in [7, 11) is 0. The standard InChI is InChI=1S/C17H20ClN3O2S/c1-4-13(12-7-5-6-10(2)11(12)3)19-15-8-14(18)20-17(21-15)24-9-16(22)23/h5-8,13H,4,9H2,1-3H3,(H,22,23)(H,19,20,21). The lowest BCUT2D eigenvalue weighted by atomic mass is 9.96. The van der Waals surface area contributed by atoms with E-state index in [-0.39, 0.29) is 16.9 Å². The first kappa shape index (κ1) is 18.5. The van der Waals surface area contributed by atoms with Crippen LogP contribution in [-0.4, -0.2) is 26.8 Å². The third-order valence-electron chi connectivity index (χ3n) is 3.75. The Bertz CT molecular complexity index is 740. The number of hydrogen-bond acceptors (Lipinski definition) is 5. The molecule has 0 aliphatic carbocycles. The first-order valence-corrected chi connectivity index (χ1v) is 8.99. The number of rotatable bonds is 7. The number of aliphatic carboxylic acids is 1. The molecule has 0 bridgehead atoms. The third-order valence-corrected chi connectivity index (χ3v) is 4.78. The quantitative estimate of drug-likeness (QED) is 0.428. The minimum absolute atomic E-state index is 0.0909. The Morgan fingerprint density at radius 2 is 2.12 bits per heavy atom. The second kappa shape index (κ2) is 8.35. The summed E-state index contributed by atoms with van der Waals surface area (Å²) < 4.78 is 0. The molecule has 0 aliphatic heterocycles. The topological polar surface area (TPSA) is 75.1 Å². The van der Waals surface area contributed by atoms with Gasteiger partial charge in [-0.25, -0.2) is 9.97 Å². The van der Waals surface area contributed by atoms with Crippen molar-refractivity contribution in [3.63, 3.8) is 0 Å². The zero-order chi connectivity index (χ0) is 17.7. The smallest absolute Gasteiger partial charge is 0.313 e. The molecule has 0 spiro atoms. The lowest BCUT2D eigenvalue weighted by Crippen LogP contribution is -2.13. The van der Waals surface area contributed by atoms with Gasteiger partial charge in [0.1, 0.15) is 11.0 Å². The van der Waals surface area contributed by atoms with Crippen molar-refractivity contribution in [2.45, 2.75) is 38.4 Å². The van der Waals surface area contributed by atoms with E-state index in [1.807, 2.05) is 6.07 Å². The van der Waals surface area contributed by atoms with Crippen molar-refractivity contribution in [2.75, 3.05) is 11.1 Å². The molecular formula is C17H20ClN3O2S. The van der Waals surface area contributed by atoms with Crippen molar-refractivity contribution in [2.24, 2.45) is 0 Å². The zero-order valence-corrected chi connectivity index (χ0v) is 15.4. The number of hydrogen-bond donors (Lipinski definition) is 2. The molecule has 24 heavy (non-hydrogen) atoms. The number of aromatic nitrogens is 2. The number of aryl methyl sites for hydroxylation is 1. The van der Waals surface area contributed by atoms with E-state index < -0.39 is 5.97 Å². The van der Waals surface area contributed by atoms with Gasteiger partial charge in [0.05, 0.1) is 11.8 Å². The first-order chi connectivity index (χ1) is 11.4. The molecule has 1 atom stereocenters. The van der Waals surface area contributed by atoms with Gasteiger partial charge in [0.15, 0.2) is 5.16 Å². The van der Waals surface area contributed by atoms with Crippen molar-refractivity contribution in [3.8, 4) is 0 Å². The van der Waals surface area contributed by atoms with Crippen LogP contribution in [0.3, 0.4) is 0 Å². The van der Waals surface area contributed by atoms with Gasteiger partial charge in [-0.1, -0.05) is 48.5 Å². The van der Waals surface area contributed by atoms with Crippen LogP contribution in [0.15, 0.2) is 29.4 Å². The summed E-state index contributed by atoms with van der Waals surface area (Å²) in [5, 5.41) is 12.8. The number of carboxylic acids is 1. The number of thioether (sulfide) groups is 1. The highest BCUT2D eigenvalue weighted by Gasteiger charge is 2.15. The van der Waals surface area contributed by atoms with Crippen LogP contribution >= 0.6 is 23.4 Å². The van der Waals surface area contributed by atoms with Gasteiger partial charge >= 0.3 is 5.97 Å². The average Bonchev–Trinajstić information content (AvgIpc) is 2.53. The SMILES string of the molecule is CCC(Nc1cc(Cl)nc(SCC(=O)O)n1)c1cccc(C)c1C. The maximum absolute atomic E-state index is 10.7. The van der Waals surface area contributed by atoms with Crippen molar-refractivity contribution >= 4 is 35.1 Å². The number of carbonyl (C=O) groups is 1. The summed E-state index contributed by atoms with van der Waals surface area (Å²) in [6.45, 7) is 6.30. The Morgan fingerprint density at radius 3 is 2.79 bits per heavy atom. The summed E-state index contributed by atoms with van der Waals surface area (Å²) in [6.07, 6.45) is 0.878. The number of anilines is 1. The first-order valence-electron chi connectivity index (χ1n) is 7.62. The third kappa shape index (κ3) is 4.85. The zero-order valence-electron chi connectivity index (χ0n) is 13.8. The van der Waals surface area contributed by atoms with Crippen LogP contribution < -0.4 is 5.32 Å². The van der Waals surface area contributed by atoms with Crippen molar-refractivity contribution in [1.29, 1.82) is 0 Å². The second-order valence-electron chi connectivity index (χ2n) is 5.44. The van der Waals surface area contributed by atoms with E-state index in [0.717, 1.165) is 18.2 Å². The van der Waals surface area contributed by atoms with Crippen LogP contribution in [0.2, 0.25) is 5.15 Å². The molecule has 2 rings (SSSR count). The summed E-state index contributed by atoms with van der Waals surface area (Å²) in [6, 6.07) is 7.98. The van der Waals surface area contributed by atoms with Gasteiger partial charge < -0.3 is 10.4 Å². The fraction of sp³-hybridized carbons (Fsp3) is 0.353. The molecule has 5 nitrogen and oxygen atoms in total. The van der Waals surface area contributed by atoms with E-state index in [2.05, 4.69) is 48.2 Å². The van der Waals surface area contributed by atoms with E-state index >= 15 is 0 Å². The van der Waals surface area contributed by atoms with E-state index in [0.29, 0.717) is 11.0 Å². The van der Waals surface area contributed by atoms with E-state index in [1.165, 1.54) is 16.7 Å². The molecule has 7 heteroatoms. The number of nitrogens with zero attached hydrogens (tertiary/aromatic N) is 2. The number of halogens is 1. The van der Waals surface area contributed by atoms with Gasteiger partial charge in [-0.3, -0.25) is 4.79 Å². The normalized spacial score (nSPS) is 12.0. The summed E-state index contributed by atoms with van der Waals surface area (Å²) in [5.74, 6) is -0.427. The average molecular weight is 366 g/mol. The molecule has 128 valence electrons. The van der Waals surface area contributed by atoms with Gasteiger partial charge in [0.2, 0.25) is 0 Å². The lowest BCUT2D eigenvalue weighted by Gasteiger charge is -2.21. The predicted octanol–water partition coefficient (Wildman–Crippen LogP) is 4.49. The van der Waals surface area contributed by atoms with Crippen molar-refractivity contribution in [3.05, 3.63) is 46.1 Å². The fourth-order valence-corrected chi connectivity index (χ4v) is 3.20. The predicted molar refractivity (Wildman–Crippen MR) is 98.0 cm³/mol. The Labute approximate surface area is 150 Å². The van der Waals surface area contributed by atoms with Gasteiger partial charge in [0.25, 0.3) is 0 Å². The van der Waals surface area contributed by atoms with Crippen LogP contribution in [0, 0.1) is 13.8 Å². The van der Waals surface area contributed by atoms with Crippen LogP contribution in [0.25, 0.3) is 0 Å². The summed E-state index contributed by atoms with van der Waals surface area (Å²) in [4.78, 5) is 19.1. The molecule has 0 fully saturated rings. The van der Waals surface area contributed by atoms with Gasteiger partial charge in [0, 0.05) is 6.07 Å². The molecule has 1 unspecified atom stereocenters. The van der Waals surface area contributed by atoms with Gasteiger partial charge in [-0.2, -0.15) is 0 Å². The van der Waals surface area contributed by atoms with E-state index in [1.54, 1.807) is 6.07 Å². The lowest BCUT2D eigenvalue weighted by molar-refractivity contribution is -0.133. The Hall–Kier alpha value is -1.79. The molecule has 1 aromatic carbocycles. The molecule has 1 heterocycles. The van der Waals surface area contributed by atoms with Crippen LogP contribution in [0.4, 0.5) is 5.82 Å². The van der Waals surface area contributed by atoms with Gasteiger partial charge in [-0.05, 0) is 37.0 Å². The van der Waals surface area contributed by atoms with Gasteiger partial charge in [-0.15, -0.1) is 0 Å². The molecule has 2 N–H and O–H groups in total. The largest absolute Gasteiger partial charge is 0.481 e. The molecule has 0 amide bonds. The second-order valence-corrected chi connectivity index (χ2v) is 6.76. The van der Waals surface area contributed by atoms with Crippen LogP contribution in [0.1, 0.15) is 36.1 Å². The monoisotopic (exact) mass is 365 g/mol. The molecule has 1 aromatic heterocycles.